The van der Waals surface area contributed by atoms with Crippen LogP contribution in [0.5, 0.6) is 11.6 Å². The maximum absolute atomic E-state index is 9.13. The average molecular weight is 407 g/mol. The highest BCUT2D eigenvalue weighted by molar-refractivity contribution is 5.44. The molecule has 31 heavy (non-hydrogen) atoms. The summed E-state index contributed by atoms with van der Waals surface area (Å²) in [5, 5.41) is 13.9. The van der Waals surface area contributed by atoms with Crippen molar-refractivity contribution in [3.05, 3.63) is 94.6 Å². The Hall–Kier alpha value is -3.98. The van der Waals surface area contributed by atoms with E-state index in [-0.39, 0.29) is 0 Å². The standard InChI is InChI=1S/C25H21N5O/c1-17-5-2-10-24(28-17)30-25(22-8-4-9-23(22)29-30)31-21-11-12-27-20(15-21)14-18-6-3-7-19(13-18)16-26/h2-3,5-7,10-13,15H,4,8-9,14H2,1H3. The first kappa shape index (κ1) is 19.0. The number of aryl methyl sites for hydroxylation is 2. The molecule has 0 radical (unpaired) electrons. The Kier molecular flexibility index (Phi) is 4.93. The minimum Gasteiger partial charge on any atom is -0.438 e. The number of benzene rings is 1. The largest absolute Gasteiger partial charge is 0.438 e. The number of aromatic nitrogens is 4. The summed E-state index contributed by atoms with van der Waals surface area (Å²) in [6.07, 6.45) is 5.39. The van der Waals surface area contributed by atoms with E-state index in [1.807, 2.05) is 60.1 Å². The number of nitrogens with zero attached hydrogens (tertiary/aromatic N) is 5. The lowest BCUT2D eigenvalue weighted by Crippen LogP contribution is -2.04. The van der Waals surface area contributed by atoms with Crippen molar-refractivity contribution in [1.29, 1.82) is 5.26 Å². The lowest BCUT2D eigenvalue weighted by atomic mass is 10.1. The summed E-state index contributed by atoms with van der Waals surface area (Å²) < 4.78 is 8.19. The molecule has 1 aliphatic carbocycles. The van der Waals surface area contributed by atoms with Crippen LogP contribution in [0.4, 0.5) is 0 Å². The van der Waals surface area contributed by atoms with Gasteiger partial charge in [-0.15, -0.1) is 0 Å². The molecule has 0 spiro atoms. The molecule has 5 rings (SSSR count). The van der Waals surface area contributed by atoms with E-state index in [2.05, 4.69) is 16.0 Å². The Morgan fingerprint density at radius 1 is 1.10 bits per heavy atom. The highest BCUT2D eigenvalue weighted by atomic mass is 16.5. The van der Waals surface area contributed by atoms with E-state index in [1.54, 1.807) is 12.3 Å². The van der Waals surface area contributed by atoms with Gasteiger partial charge in [-0.2, -0.15) is 15.0 Å². The van der Waals surface area contributed by atoms with Crippen LogP contribution in [0.3, 0.4) is 0 Å². The van der Waals surface area contributed by atoms with Gasteiger partial charge in [0.1, 0.15) is 5.75 Å². The second kappa shape index (κ2) is 8.04. The molecule has 1 aromatic carbocycles. The third-order valence-electron chi connectivity index (χ3n) is 5.39. The molecular weight excluding hydrogens is 386 g/mol. The molecule has 1 aliphatic rings. The van der Waals surface area contributed by atoms with Gasteiger partial charge in [0.15, 0.2) is 5.82 Å². The molecule has 4 aromatic rings. The fourth-order valence-corrected chi connectivity index (χ4v) is 3.96. The average Bonchev–Trinajstić information content (AvgIpc) is 3.37. The van der Waals surface area contributed by atoms with Gasteiger partial charge in [0, 0.05) is 35.6 Å². The van der Waals surface area contributed by atoms with Crippen molar-refractivity contribution < 1.29 is 4.74 Å². The molecule has 0 N–H and O–H groups in total. The lowest BCUT2D eigenvalue weighted by molar-refractivity contribution is 0.435. The highest BCUT2D eigenvalue weighted by Crippen LogP contribution is 2.35. The third kappa shape index (κ3) is 3.90. The van der Waals surface area contributed by atoms with Crippen molar-refractivity contribution >= 4 is 0 Å². The minimum absolute atomic E-state index is 0.628. The third-order valence-corrected chi connectivity index (χ3v) is 5.39. The second-order valence-corrected chi connectivity index (χ2v) is 7.71. The monoisotopic (exact) mass is 407 g/mol. The maximum atomic E-state index is 9.13. The normalized spacial score (nSPS) is 12.4. The predicted octanol–water partition coefficient (Wildman–Crippen LogP) is 4.71. The fourth-order valence-electron chi connectivity index (χ4n) is 3.96. The number of nitriles is 1. The maximum Gasteiger partial charge on any atom is 0.227 e. The van der Waals surface area contributed by atoms with Gasteiger partial charge < -0.3 is 4.74 Å². The molecule has 3 aromatic heterocycles. The molecule has 0 fully saturated rings. The number of ether oxygens (including phenoxy) is 1. The first-order valence-electron chi connectivity index (χ1n) is 10.4. The van der Waals surface area contributed by atoms with E-state index in [9.17, 15) is 0 Å². The van der Waals surface area contributed by atoms with Crippen LogP contribution >= 0.6 is 0 Å². The number of rotatable bonds is 5. The molecule has 0 bridgehead atoms. The van der Waals surface area contributed by atoms with E-state index in [1.165, 1.54) is 0 Å². The summed E-state index contributed by atoms with van der Waals surface area (Å²) in [6.45, 7) is 1.97. The summed E-state index contributed by atoms with van der Waals surface area (Å²) in [5.74, 6) is 2.20. The Morgan fingerprint density at radius 2 is 2.00 bits per heavy atom. The van der Waals surface area contributed by atoms with Crippen LogP contribution in [0.15, 0.2) is 60.8 Å². The Morgan fingerprint density at radius 3 is 2.87 bits per heavy atom. The van der Waals surface area contributed by atoms with Crippen molar-refractivity contribution in [2.24, 2.45) is 0 Å². The molecule has 0 atom stereocenters. The van der Waals surface area contributed by atoms with E-state index in [4.69, 9.17) is 15.1 Å². The van der Waals surface area contributed by atoms with Crippen LogP contribution < -0.4 is 4.74 Å². The molecule has 6 nitrogen and oxygen atoms in total. The molecule has 3 heterocycles. The smallest absolute Gasteiger partial charge is 0.227 e. The Labute approximate surface area is 180 Å². The molecule has 152 valence electrons. The molecule has 0 saturated heterocycles. The van der Waals surface area contributed by atoms with Gasteiger partial charge in [-0.1, -0.05) is 18.2 Å². The summed E-state index contributed by atoms with van der Waals surface area (Å²) >= 11 is 0. The number of hydrogen-bond donors (Lipinski definition) is 0. The van der Waals surface area contributed by atoms with E-state index >= 15 is 0 Å². The number of hydrogen-bond acceptors (Lipinski definition) is 5. The van der Waals surface area contributed by atoms with Gasteiger partial charge in [-0.3, -0.25) is 4.98 Å². The molecule has 0 saturated carbocycles. The molecule has 6 heteroatoms. The fraction of sp³-hybridized carbons (Fsp3) is 0.200. The van der Waals surface area contributed by atoms with Gasteiger partial charge in [0.05, 0.1) is 17.3 Å². The van der Waals surface area contributed by atoms with E-state index in [0.717, 1.165) is 59.2 Å². The van der Waals surface area contributed by atoms with Crippen LogP contribution in [-0.2, 0) is 19.3 Å². The summed E-state index contributed by atoms with van der Waals surface area (Å²) in [4.78, 5) is 9.12. The van der Waals surface area contributed by atoms with Crippen molar-refractivity contribution in [2.75, 3.05) is 0 Å². The quantitative estimate of drug-likeness (QED) is 0.479. The SMILES string of the molecule is Cc1cccc(-n2nc3c(c2Oc2ccnc(Cc4cccc(C#N)c4)c2)CCC3)n1. The molecule has 0 amide bonds. The minimum atomic E-state index is 0.628. The Balaban J connectivity index is 1.47. The van der Waals surface area contributed by atoms with E-state index < -0.39 is 0 Å². The van der Waals surface area contributed by atoms with Gasteiger partial charge in [0.25, 0.3) is 0 Å². The molecule has 0 unspecified atom stereocenters. The van der Waals surface area contributed by atoms with Crippen LogP contribution in [0, 0.1) is 18.3 Å². The zero-order chi connectivity index (χ0) is 21.2. The van der Waals surface area contributed by atoms with Crippen molar-refractivity contribution in [1.82, 2.24) is 19.7 Å². The van der Waals surface area contributed by atoms with Crippen LogP contribution in [0.1, 0.15) is 40.2 Å². The van der Waals surface area contributed by atoms with Gasteiger partial charge >= 0.3 is 0 Å². The number of fused-ring (bicyclic) bond motifs is 1. The first-order valence-corrected chi connectivity index (χ1v) is 10.4. The zero-order valence-electron chi connectivity index (χ0n) is 17.2. The highest BCUT2D eigenvalue weighted by Gasteiger charge is 2.25. The summed E-state index contributed by atoms with van der Waals surface area (Å²) in [6, 6.07) is 19.5. The van der Waals surface area contributed by atoms with Crippen LogP contribution in [0.2, 0.25) is 0 Å². The Bertz CT molecular complexity index is 1300. The lowest BCUT2D eigenvalue weighted by Gasteiger charge is -2.11. The van der Waals surface area contributed by atoms with Gasteiger partial charge in [0.2, 0.25) is 5.88 Å². The van der Waals surface area contributed by atoms with Crippen LogP contribution in [-0.4, -0.2) is 19.7 Å². The topological polar surface area (TPSA) is 76.6 Å². The van der Waals surface area contributed by atoms with E-state index in [0.29, 0.717) is 17.7 Å². The zero-order valence-corrected chi connectivity index (χ0v) is 17.2. The molecular formula is C25H21N5O. The van der Waals surface area contributed by atoms with Gasteiger partial charge in [-0.25, -0.2) is 4.98 Å². The second-order valence-electron chi connectivity index (χ2n) is 7.71. The summed E-state index contributed by atoms with van der Waals surface area (Å²) in [5.41, 5.74) is 5.74. The van der Waals surface area contributed by atoms with Crippen LogP contribution in [0.25, 0.3) is 5.82 Å². The summed E-state index contributed by atoms with van der Waals surface area (Å²) in [7, 11) is 0. The van der Waals surface area contributed by atoms with Crippen molar-refractivity contribution in [3.8, 4) is 23.5 Å². The number of pyridine rings is 2. The first-order chi connectivity index (χ1) is 15.2. The van der Waals surface area contributed by atoms with Crippen molar-refractivity contribution in [2.45, 2.75) is 32.6 Å². The molecule has 0 aliphatic heterocycles. The predicted molar refractivity (Wildman–Crippen MR) is 116 cm³/mol. The van der Waals surface area contributed by atoms with Gasteiger partial charge in [-0.05, 0) is 62.1 Å². The van der Waals surface area contributed by atoms with Crippen molar-refractivity contribution in [3.63, 3.8) is 0 Å².